The maximum absolute atomic E-state index is 6.05. The van der Waals surface area contributed by atoms with Crippen LogP contribution in [0.4, 0.5) is 5.69 Å². The summed E-state index contributed by atoms with van der Waals surface area (Å²) in [4.78, 5) is 6.84. The highest BCUT2D eigenvalue weighted by atomic mass is 32.1. The minimum Gasteiger partial charge on any atom is -0.497 e. The Morgan fingerprint density at radius 1 is 0.737 bits per heavy atom. The van der Waals surface area contributed by atoms with E-state index in [2.05, 4.69) is 50.2 Å². The van der Waals surface area contributed by atoms with E-state index < -0.39 is 0 Å². The van der Waals surface area contributed by atoms with Crippen LogP contribution in [0.15, 0.2) is 122 Å². The van der Waals surface area contributed by atoms with Gasteiger partial charge in [-0.3, -0.25) is 4.98 Å². The zero-order chi connectivity index (χ0) is 25.9. The highest BCUT2D eigenvalue weighted by molar-refractivity contribution is 7.80. The van der Waals surface area contributed by atoms with Crippen LogP contribution in [0, 0.1) is 0 Å². The molecule has 0 bridgehead atoms. The van der Waals surface area contributed by atoms with E-state index in [1.54, 1.807) is 7.11 Å². The first-order chi connectivity index (χ1) is 18.7. The monoisotopic (exact) mass is 518 g/mol. The van der Waals surface area contributed by atoms with Gasteiger partial charge in [-0.15, -0.1) is 0 Å². The SMILES string of the molecule is COc1ccc(Oc2ccc(N3C(=S)N[C@@H](c4ccccn4)[C@H]3c3cccn3-c3ccccc3)cc2)cc1. The van der Waals surface area contributed by atoms with Crippen molar-refractivity contribution in [1.29, 1.82) is 0 Å². The summed E-state index contributed by atoms with van der Waals surface area (Å²) in [5.41, 5.74) is 4.10. The van der Waals surface area contributed by atoms with Crippen molar-refractivity contribution in [1.82, 2.24) is 14.9 Å². The van der Waals surface area contributed by atoms with Crippen molar-refractivity contribution < 1.29 is 9.47 Å². The Morgan fingerprint density at radius 2 is 1.42 bits per heavy atom. The first kappa shape index (κ1) is 23.8. The standard InChI is InChI=1S/C31H26N4O2S/c1-36-24-16-18-26(19-17-24)37-25-14-12-23(13-15-25)35-30(29(33-31(35)38)27-10-5-6-20-32-27)28-11-7-21-34(28)22-8-3-2-4-9-22/h2-21,29-30H,1H3,(H,33,38)/t29-,30+/m0/s1. The normalized spacial score (nSPS) is 16.8. The van der Waals surface area contributed by atoms with Gasteiger partial charge < -0.3 is 24.3 Å². The molecule has 5 aromatic rings. The van der Waals surface area contributed by atoms with E-state index in [1.165, 1.54) is 0 Å². The second kappa shape index (κ2) is 10.4. The molecule has 1 aliphatic heterocycles. The average Bonchev–Trinajstić information content (AvgIpc) is 3.59. The van der Waals surface area contributed by atoms with Crippen LogP contribution in [0.2, 0.25) is 0 Å². The maximum atomic E-state index is 6.05. The molecule has 188 valence electrons. The van der Waals surface area contributed by atoms with Crippen LogP contribution < -0.4 is 19.7 Å². The second-order valence-electron chi connectivity index (χ2n) is 8.91. The van der Waals surface area contributed by atoms with E-state index in [1.807, 2.05) is 91.1 Å². The lowest BCUT2D eigenvalue weighted by Gasteiger charge is -2.29. The molecule has 0 radical (unpaired) electrons. The summed E-state index contributed by atoms with van der Waals surface area (Å²) in [7, 11) is 1.65. The largest absolute Gasteiger partial charge is 0.497 e. The highest BCUT2D eigenvalue weighted by Crippen LogP contribution is 2.42. The topological polar surface area (TPSA) is 51.6 Å². The lowest BCUT2D eigenvalue weighted by atomic mass is 10.0. The van der Waals surface area contributed by atoms with Crippen molar-refractivity contribution in [2.24, 2.45) is 0 Å². The van der Waals surface area contributed by atoms with E-state index >= 15 is 0 Å². The Balaban J connectivity index is 1.36. The molecule has 3 aromatic carbocycles. The number of nitrogens with one attached hydrogen (secondary N) is 1. The number of benzene rings is 3. The molecule has 0 aliphatic carbocycles. The first-order valence-electron chi connectivity index (χ1n) is 12.4. The molecule has 2 aromatic heterocycles. The van der Waals surface area contributed by atoms with Crippen molar-refractivity contribution in [2.45, 2.75) is 12.1 Å². The molecule has 1 saturated heterocycles. The van der Waals surface area contributed by atoms with E-state index in [9.17, 15) is 0 Å². The van der Waals surface area contributed by atoms with Gasteiger partial charge in [0.15, 0.2) is 5.11 Å². The minimum atomic E-state index is -0.128. The molecule has 0 spiro atoms. The fraction of sp³-hybridized carbons (Fsp3) is 0.0968. The molecule has 38 heavy (non-hydrogen) atoms. The van der Waals surface area contributed by atoms with Crippen LogP contribution in [0.25, 0.3) is 5.69 Å². The number of rotatable bonds is 7. The summed E-state index contributed by atoms with van der Waals surface area (Å²) in [5.74, 6) is 2.27. The third-order valence-electron chi connectivity index (χ3n) is 6.63. The number of pyridine rings is 1. The lowest BCUT2D eigenvalue weighted by molar-refractivity contribution is 0.413. The Morgan fingerprint density at radius 3 is 2.11 bits per heavy atom. The van der Waals surface area contributed by atoms with Crippen LogP contribution in [0.3, 0.4) is 0 Å². The van der Waals surface area contributed by atoms with Crippen molar-refractivity contribution in [2.75, 3.05) is 12.0 Å². The van der Waals surface area contributed by atoms with Crippen LogP contribution in [-0.2, 0) is 0 Å². The molecule has 1 N–H and O–H groups in total. The van der Waals surface area contributed by atoms with Gasteiger partial charge in [0, 0.05) is 29.5 Å². The summed E-state index contributed by atoms with van der Waals surface area (Å²) < 4.78 is 13.5. The Kier molecular flexibility index (Phi) is 6.50. The van der Waals surface area contributed by atoms with Gasteiger partial charge in [0.1, 0.15) is 23.3 Å². The van der Waals surface area contributed by atoms with Crippen LogP contribution in [0.5, 0.6) is 17.2 Å². The maximum Gasteiger partial charge on any atom is 0.174 e. The second-order valence-corrected chi connectivity index (χ2v) is 9.29. The molecule has 0 unspecified atom stereocenters. The summed E-state index contributed by atoms with van der Waals surface area (Å²) in [6.07, 6.45) is 3.91. The van der Waals surface area contributed by atoms with E-state index in [-0.39, 0.29) is 12.1 Å². The highest BCUT2D eigenvalue weighted by Gasteiger charge is 2.42. The van der Waals surface area contributed by atoms with Gasteiger partial charge in [-0.1, -0.05) is 24.3 Å². The molecule has 0 amide bonds. The summed E-state index contributed by atoms with van der Waals surface area (Å²) >= 11 is 5.91. The van der Waals surface area contributed by atoms with Crippen LogP contribution in [0.1, 0.15) is 23.5 Å². The number of para-hydroxylation sites is 1. The van der Waals surface area contributed by atoms with Gasteiger partial charge in [-0.2, -0.15) is 0 Å². The van der Waals surface area contributed by atoms with Crippen molar-refractivity contribution in [3.63, 3.8) is 0 Å². The van der Waals surface area contributed by atoms with Crippen molar-refractivity contribution >= 4 is 23.0 Å². The molecule has 3 heterocycles. The molecule has 6 nitrogen and oxygen atoms in total. The average molecular weight is 519 g/mol. The molecule has 7 heteroatoms. The van der Waals surface area contributed by atoms with Crippen molar-refractivity contribution in [3.8, 4) is 22.9 Å². The quantitative estimate of drug-likeness (QED) is 0.238. The van der Waals surface area contributed by atoms with Gasteiger partial charge in [0.2, 0.25) is 0 Å². The number of ether oxygens (including phenoxy) is 2. The lowest BCUT2D eigenvalue weighted by Crippen LogP contribution is -2.30. The zero-order valence-corrected chi connectivity index (χ0v) is 21.6. The molecule has 6 rings (SSSR count). The molecule has 0 saturated carbocycles. The summed E-state index contributed by atoms with van der Waals surface area (Å²) in [5, 5.41) is 4.19. The van der Waals surface area contributed by atoms with Crippen molar-refractivity contribution in [3.05, 3.63) is 133 Å². The number of aromatic nitrogens is 2. The Bertz CT molecular complexity index is 1520. The molecular weight excluding hydrogens is 492 g/mol. The number of nitrogens with zero attached hydrogens (tertiary/aromatic N) is 3. The fourth-order valence-corrected chi connectivity index (χ4v) is 5.19. The Labute approximate surface area is 227 Å². The van der Waals surface area contributed by atoms with E-state index in [4.69, 9.17) is 21.7 Å². The van der Waals surface area contributed by atoms with E-state index in [0.29, 0.717) is 5.11 Å². The first-order valence-corrected chi connectivity index (χ1v) is 12.8. The smallest absolute Gasteiger partial charge is 0.174 e. The minimum absolute atomic E-state index is 0.124. The summed E-state index contributed by atoms with van der Waals surface area (Å²) in [6.45, 7) is 0. The Hall–Kier alpha value is -4.62. The van der Waals surface area contributed by atoms with Crippen LogP contribution in [-0.4, -0.2) is 21.8 Å². The predicted molar refractivity (Wildman–Crippen MR) is 153 cm³/mol. The fourth-order valence-electron chi connectivity index (χ4n) is 4.85. The zero-order valence-electron chi connectivity index (χ0n) is 20.8. The van der Waals surface area contributed by atoms with Gasteiger partial charge in [0.25, 0.3) is 0 Å². The number of thiocarbonyl (C=S) groups is 1. The molecule has 2 atom stereocenters. The van der Waals surface area contributed by atoms with Gasteiger partial charge in [0.05, 0.1) is 18.8 Å². The molecule has 1 fully saturated rings. The number of anilines is 1. The summed E-state index contributed by atoms with van der Waals surface area (Å²) in [6, 6.07) is 35.8. The predicted octanol–water partition coefficient (Wildman–Crippen LogP) is 6.85. The number of hydrogen-bond donors (Lipinski definition) is 1. The van der Waals surface area contributed by atoms with Gasteiger partial charge in [-0.25, -0.2) is 0 Å². The third kappa shape index (κ3) is 4.60. The third-order valence-corrected chi connectivity index (χ3v) is 6.94. The molecule has 1 aliphatic rings. The van der Waals surface area contributed by atoms with E-state index in [0.717, 1.165) is 40.0 Å². The van der Waals surface area contributed by atoms with Gasteiger partial charge in [-0.05, 0) is 97.1 Å². The van der Waals surface area contributed by atoms with Gasteiger partial charge >= 0.3 is 0 Å². The number of methoxy groups -OCH3 is 1. The number of hydrogen-bond acceptors (Lipinski definition) is 4. The molecular formula is C31H26N4O2S. The van der Waals surface area contributed by atoms with Crippen LogP contribution >= 0.6 is 12.2 Å².